The maximum absolute atomic E-state index is 12.7. The van der Waals surface area contributed by atoms with Gasteiger partial charge in [-0.15, -0.1) is 0 Å². The molecule has 11 heteroatoms. The van der Waals surface area contributed by atoms with Crippen molar-refractivity contribution in [1.29, 1.82) is 0 Å². The molecule has 0 bridgehead atoms. The average Bonchev–Trinajstić information content (AvgIpc) is 3.29. The van der Waals surface area contributed by atoms with Crippen LogP contribution < -0.4 is 5.32 Å². The Balaban J connectivity index is 1.72. The van der Waals surface area contributed by atoms with Crippen LogP contribution in [0.1, 0.15) is 56.1 Å². The fraction of sp³-hybridized carbons (Fsp3) is 0.647. The van der Waals surface area contributed by atoms with Crippen molar-refractivity contribution in [2.45, 2.75) is 51.4 Å². The van der Waals surface area contributed by atoms with Gasteiger partial charge in [0.05, 0.1) is 0 Å². The molecule has 8 nitrogen and oxygen atoms in total. The van der Waals surface area contributed by atoms with E-state index in [0.29, 0.717) is 37.8 Å². The van der Waals surface area contributed by atoms with Crippen molar-refractivity contribution in [3.8, 4) is 0 Å². The molecule has 0 aromatic carbocycles. The molecule has 1 aliphatic heterocycles. The number of carbonyl (C=O) groups is 1. The molecule has 1 atom stereocenters. The van der Waals surface area contributed by atoms with Gasteiger partial charge in [-0.1, -0.05) is 19.0 Å². The molecule has 1 fully saturated rings. The first-order valence-corrected chi connectivity index (χ1v) is 9.05. The van der Waals surface area contributed by atoms with Gasteiger partial charge >= 0.3 is 6.18 Å². The number of hydrogen-bond acceptors (Lipinski definition) is 6. The number of nitrogens with one attached hydrogen (secondary N) is 1. The van der Waals surface area contributed by atoms with Crippen LogP contribution in [-0.4, -0.2) is 39.0 Å². The molecule has 2 aromatic heterocycles. The minimum Gasteiger partial charge on any atom is -0.381 e. The van der Waals surface area contributed by atoms with Crippen LogP contribution in [0.4, 0.5) is 13.2 Å². The Morgan fingerprint density at radius 1 is 1.36 bits per heavy atom. The van der Waals surface area contributed by atoms with Crippen molar-refractivity contribution < 1.29 is 27.2 Å². The molecule has 1 unspecified atom stereocenters. The summed E-state index contributed by atoms with van der Waals surface area (Å²) in [4.78, 5) is 16.8. The highest BCUT2D eigenvalue weighted by atomic mass is 19.4. The van der Waals surface area contributed by atoms with Crippen molar-refractivity contribution in [1.82, 2.24) is 25.2 Å². The summed E-state index contributed by atoms with van der Waals surface area (Å²) in [5.74, 6) is 0.427. The van der Waals surface area contributed by atoms with Crippen LogP contribution >= 0.6 is 0 Å². The molecule has 154 valence electrons. The van der Waals surface area contributed by atoms with Crippen molar-refractivity contribution in [2.24, 2.45) is 5.92 Å². The van der Waals surface area contributed by atoms with Crippen LogP contribution in [-0.2, 0) is 22.3 Å². The summed E-state index contributed by atoms with van der Waals surface area (Å²) in [6, 6.07) is 0.296. The largest absolute Gasteiger partial charge is 0.435 e. The van der Waals surface area contributed by atoms with Gasteiger partial charge < -0.3 is 14.6 Å². The summed E-state index contributed by atoms with van der Waals surface area (Å²) in [6.45, 7) is 4.60. The van der Waals surface area contributed by atoms with Crippen LogP contribution in [0.25, 0.3) is 0 Å². The number of aromatic nitrogens is 4. The van der Waals surface area contributed by atoms with Gasteiger partial charge in [0, 0.05) is 25.3 Å². The molecule has 3 rings (SSSR count). The molecule has 1 amide bonds. The minimum absolute atomic E-state index is 0.0292. The van der Waals surface area contributed by atoms with E-state index >= 15 is 0 Å². The number of amides is 1. The van der Waals surface area contributed by atoms with Crippen molar-refractivity contribution in [3.63, 3.8) is 0 Å². The number of halogens is 3. The van der Waals surface area contributed by atoms with E-state index in [0.717, 1.165) is 16.9 Å². The fourth-order valence-electron chi connectivity index (χ4n) is 3.01. The number of alkyl halides is 3. The summed E-state index contributed by atoms with van der Waals surface area (Å²) >= 11 is 0. The lowest BCUT2D eigenvalue weighted by atomic mass is 9.91. The molecule has 0 spiro atoms. The molecule has 0 aliphatic carbocycles. The normalized spacial score (nSPS) is 17.1. The summed E-state index contributed by atoms with van der Waals surface area (Å²) in [5, 5.41) is 10.2. The van der Waals surface area contributed by atoms with Crippen molar-refractivity contribution in [2.75, 3.05) is 13.2 Å². The third kappa shape index (κ3) is 4.89. The van der Waals surface area contributed by atoms with Crippen LogP contribution in [0, 0.1) is 5.92 Å². The van der Waals surface area contributed by atoms with Gasteiger partial charge in [0.25, 0.3) is 0 Å². The van der Waals surface area contributed by atoms with E-state index in [4.69, 9.17) is 9.26 Å². The van der Waals surface area contributed by atoms with Crippen molar-refractivity contribution >= 4 is 5.91 Å². The molecule has 28 heavy (non-hydrogen) atoms. The molecule has 1 aliphatic rings. The summed E-state index contributed by atoms with van der Waals surface area (Å²) in [5.41, 5.74) is -1.04. The molecule has 2 aromatic rings. The van der Waals surface area contributed by atoms with Crippen LogP contribution in [0.2, 0.25) is 0 Å². The Hall–Kier alpha value is -2.43. The zero-order valence-corrected chi connectivity index (χ0v) is 15.6. The summed E-state index contributed by atoms with van der Waals surface area (Å²) < 4.78 is 49.7. The second-order valence-electron chi connectivity index (χ2n) is 7.04. The number of ether oxygens (including phenoxy) is 1. The van der Waals surface area contributed by atoms with Gasteiger partial charge in [-0.05, 0) is 24.8 Å². The first kappa shape index (κ1) is 20.3. The molecule has 3 heterocycles. The van der Waals surface area contributed by atoms with Gasteiger partial charge in [0.15, 0.2) is 11.5 Å². The second kappa shape index (κ2) is 8.29. The highest BCUT2D eigenvalue weighted by molar-refractivity contribution is 5.76. The fourth-order valence-corrected chi connectivity index (χ4v) is 3.01. The van der Waals surface area contributed by atoms with E-state index in [1.165, 1.54) is 0 Å². The SMILES string of the molecule is CC(C)c1noc(C(NC(=O)Cn2ccc(C(F)(F)F)n2)C2CCOCC2)n1. The maximum Gasteiger partial charge on any atom is 0.435 e. The topological polar surface area (TPSA) is 95.1 Å². The van der Waals surface area contributed by atoms with Gasteiger partial charge in [0.1, 0.15) is 12.6 Å². The Labute approximate surface area is 159 Å². The minimum atomic E-state index is -4.55. The quantitative estimate of drug-likeness (QED) is 0.800. The lowest BCUT2D eigenvalue weighted by molar-refractivity contribution is -0.141. The second-order valence-corrected chi connectivity index (χ2v) is 7.04. The zero-order valence-electron chi connectivity index (χ0n) is 15.6. The van der Waals surface area contributed by atoms with E-state index in [1.54, 1.807) is 0 Å². The molecule has 1 N–H and O–H groups in total. The predicted molar refractivity (Wildman–Crippen MR) is 90.0 cm³/mol. The van der Waals surface area contributed by atoms with Gasteiger partial charge in [-0.3, -0.25) is 9.48 Å². The van der Waals surface area contributed by atoms with Crippen LogP contribution in [0.3, 0.4) is 0 Å². The Bertz CT molecular complexity index is 796. The highest BCUT2D eigenvalue weighted by Gasteiger charge is 2.34. The van der Waals surface area contributed by atoms with Gasteiger partial charge in [-0.2, -0.15) is 23.3 Å². The Morgan fingerprint density at radius 3 is 2.64 bits per heavy atom. The molecular formula is C17H22F3N5O3. The zero-order chi connectivity index (χ0) is 20.3. The van der Waals surface area contributed by atoms with Gasteiger partial charge in [-0.25, -0.2) is 0 Å². The molecule has 0 saturated carbocycles. The smallest absolute Gasteiger partial charge is 0.381 e. The van der Waals surface area contributed by atoms with Gasteiger partial charge in [0.2, 0.25) is 11.8 Å². The van der Waals surface area contributed by atoms with Crippen LogP contribution in [0.5, 0.6) is 0 Å². The molecule has 1 saturated heterocycles. The maximum atomic E-state index is 12.7. The number of carbonyl (C=O) groups excluding carboxylic acids is 1. The molecular weight excluding hydrogens is 379 g/mol. The van der Waals surface area contributed by atoms with E-state index in [9.17, 15) is 18.0 Å². The third-order valence-electron chi connectivity index (χ3n) is 4.53. The number of hydrogen-bond donors (Lipinski definition) is 1. The number of nitrogens with zero attached hydrogens (tertiary/aromatic N) is 4. The van der Waals surface area contributed by atoms with E-state index in [2.05, 4.69) is 20.6 Å². The lowest BCUT2D eigenvalue weighted by Crippen LogP contribution is -2.38. The first-order valence-electron chi connectivity index (χ1n) is 9.05. The van der Waals surface area contributed by atoms with E-state index in [1.807, 2.05) is 13.8 Å². The van der Waals surface area contributed by atoms with E-state index in [-0.39, 0.29) is 18.4 Å². The Morgan fingerprint density at radius 2 is 2.07 bits per heavy atom. The lowest BCUT2D eigenvalue weighted by Gasteiger charge is -2.28. The molecule has 0 radical (unpaired) electrons. The summed E-state index contributed by atoms with van der Waals surface area (Å²) in [7, 11) is 0. The third-order valence-corrected chi connectivity index (χ3v) is 4.53. The highest BCUT2D eigenvalue weighted by Crippen LogP contribution is 2.30. The summed E-state index contributed by atoms with van der Waals surface area (Å²) in [6.07, 6.45) is -2.03. The standard InChI is InChI=1S/C17H22F3N5O3/c1-10(2)15-22-16(28-24-15)14(11-4-7-27-8-5-11)21-13(26)9-25-6-3-12(23-25)17(18,19)20/h3,6,10-11,14H,4-5,7-9H2,1-2H3,(H,21,26). The number of rotatable bonds is 6. The predicted octanol–water partition coefficient (Wildman–Crippen LogP) is 2.69. The first-order chi connectivity index (χ1) is 13.2. The average molecular weight is 401 g/mol. The van der Waals surface area contributed by atoms with Crippen LogP contribution in [0.15, 0.2) is 16.8 Å². The van der Waals surface area contributed by atoms with Crippen molar-refractivity contribution in [3.05, 3.63) is 29.7 Å². The van der Waals surface area contributed by atoms with E-state index < -0.39 is 23.8 Å². The Kier molecular flexibility index (Phi) is 6.01. The monoisotopic (exact) mass is 401 g/mol.